The van der Waals surface area contributed by atoms with Crippen LogP contribution in [0.2, 0.25) is 5.02 Å². The van der Waals surface area contributed by atoms with Crippen LogP contribution in [0.5, 0.6) is 5.75 Å². The number of carbonyl (C=O) groups is 2. The van der Waals surface area contributed by atoms with E-state index in [1.54, 1.807) is 36.4 Å². The molecule has 2 aromatic carbocycles. The monoisotopic (exact) mass is 384 g/mol. The van der Waals surface area contributed by atoms with Crippen molar-refractivity contribution >= 4 is 40.1 Å². The van der Waals surface area contributed by atoms with Crippen LogP contribution in [-0.4, -0.2) is 30.1 Å². The summed E-state index contributed by atoms with van der Waals surface area (Å²) >= 11 is 5.95. The minimum atomic E-state index is -1.03. The Morgan fingerprint density at radius 3 is 2.67 bits per heavy atom. The molecule has 1 unspecified atom stereocenters. The van der Waals surface area contributed by atoms with Crippen molar-refractivity contribution in [1.29, 1.82) is 0 Å². The van der Waals surface area contributed by atoms with Crippen LogP contribution in [0, 0.1) is 0 Å². The van der Waals surface area contributed by atoms with E-state index in [1.807, 2.05) is 18.2 Å². The Hall–Kier alpha value is -3.12. The molecule has 0 saturated heterocycles. The Morgan fingerprint density at radius 1 is 1.11 bits per heavy atom. The fourth-order valence-corrected chi connectivity index (χ4v) is 2.64. The third-order valence-corrected chi connectivity index (χ3v) is 4.12. The van der Waals surface area contributed by atoms with Gasteiger partial charge in [-0.2, -0.15) is 0 Å². The van der Waals surface area contributed by atoms with E-state index in [4.69, 9.17) is 21.1 Å². The zero-order valence-corrected chi connectivity index (χ0v) is 15.5. The van der Waals surface area contributed by atoms with E-state index in [0.29, 0.717) is 22.0 Å². The summed E-state index contributed by atoms with van der Waals surface area (Å²) in [7, 11) is 1.48. The van der Waals surface area contributed by atoms with E-state index in [2.05, 4.69) is 10.3 Å². The van der Waals surface area contributed by atoms with Crippen molar-refractivity contribution in [3.8, 4) is 5.75 Å². The van der Waals surface area contributed by atoms with Gasteiger partial charge in [0.1, 0.15) is 11.4 Å². The standard InChI is InChI=1S/C20H17ClN2O4/c1-12(19(24)23-17-11-14(21)8-10-18(17)26-2)27-20(25)16-9-7-13-5-3-4-6-15(13)22-16/h3-12H,1-2H3,(H,23,24). The Labute approximate surface area is 161 Å². The van der Waals surface area contributed by atoms with Crippen molar-refractivity contribution in [2.45, 2.75) is 13.0 Å². The quantitative estimate of drug-likeness (QED) is 0.670. The molecule has 0 radical (unpaired) electrons. The number of ether oxygens (including phenoxy) is 2. The third-order valence-electron chi connectivity index (χ3n) is 3.88. The fraction of sp³-hybridized carbons (Fsp3) is 0.150. The molecule has 0 aliphatic carbocycles. The topological polar surface area (TPSA) is 77.5 Å². The number of para-hydroxylation sites is 1. The number of benzene rings is 2. The van der Waals surface area contributed by atoms with Gasteiger partial charge in [-0.3, -0.25) is 4.79 Å². The van der Waals surface area contributed by atoms with Crippen LogP contribution in [-0.2, 0) is 9.53 Å². The average Bonchev–Trinajstić information content (AvgIpc) is 2.67. The van der Waals surface area contributed by atoms with Crippen LogP contribution in [0.15, 0.2) is 54.6 Å². The van der Waals surface area contributed by atoms with Gasteiger partial charge in [-0.05, 0) is 37.3 Å². The molecule has 1 aromatic heterocycles. The average molecular weight is 385 g/mol. The van der Waals surface area contributed by atoms with Crippen molar-refractivity contribution in [3.63, 3.8) is 0 Å². The van der Waals surface area contributed by atoms with Gasteiger partial charge in [-0.1, -0.05) is 35.9 Å². The first kappa shape index (κ1) is 18.7. The van der Waals surface area contributed by atoms with Crippen LogP contribution < -0.4 is 10.1 Å². The van der Waals surface area contributed by atoms with Gasteiger partial charge in [0, 0.05) is 10.4 Å². The van der Waals surface area contributed by atoms with E-state index in [-0.39, 0.29) is 5.69 Å². The number of nitrogens with zero attached hydrogens (tertiary/aromatic N) is 1. The molecule has 0 fully saturated rings. The van der Waals surface area contributed by atoms with E-state index in [1.165, 1.54) is 14.0 Å². The number of amides is 1. The molecule has 1 amide bonds. The molecule has 0 spiro atoms. The summed E-state index contributed by atoms with van der Waals surface area (Å²) in [5, 5.41) is 3.99. The van der Waals surface area contributed by atoms with Gasteiger partial charge in [0.15, 0.2) is 6.10 Å². The zero-order chi connectivity index (χ0) is 19.4. The van der Waals surface area contributed by atoms with Crippen LogP contribution in [0.1, 0.15) is 17.4 Å². The number of pyridine rings is 1. The molecule has 3 rings (SSSR count). The van der Waals surface area contributed by atoms with Gasteiger partial charge >= 0.3 is 5.97 Å². The predicted molar refractivity (Wildman–Crippen MR) is 103 cm³/mol. The van der Waals surface area contributed by atoms with Gasteiger partial charge in [0.2, 0.25) is 0 Å². The highest BCUT2D eigenvalue weighted by molar-refractivity contribution is 6.31. The first-order valence-electron chi connectivity index (χ1n) is 8.19. The predicted octanol–water partition coefficient (Wildman–Crippen LogP) is 4.08. The second-order valence-corrected chi connectivity index (χ2v) is 6.21. The maximum absolute atomic E-state index is 12.4. The Morgan fingerprint density at radius 2 is 1.89 bits per heavy atom. The summed E-state index contributed by atoms with van der Waals surface area (Å²) < 4.78 is 10.4. The summed E-state index contributed by atoms with van der Waals surface area (Å²) in [6.07, 6.45) is -1.03. The van der Waals surface area contributed by atoms with Crippen molar-refractivity contribution in [3.05, 3.63) is 65.3 Å². The van der Waals surface area contributed by atoms with Gasteiger partial charge < -0.3 is 14.8 Å². The summed E-state index contributed by atoms with van der Waals surface area (Å²) in [5.41, 5.74) is 1.20. The molecule has 7 heteroatoms. The fourth-order valence-electron chi connectivity index (χ4n) is 2.47. The maximum atomic E-state index is 12.4. The van der Waals surface area contributed by atoms with Gasteiger partial charge in [0.25, 0.3) is 5.91 Å². The molecular formula is C20H17ClN2O4. The molecule has 138 valence electrons. The lowest BCUT2D eigenvalue weighted by atomic mass is 10.2. The Kier molecular flexibility index (Phi) is 5.57. The molecule has 1 heterocycles. The number of esters is 1. The van der Waals surface area contributed by atoms with Crippen molar-refractivity contribution < 1.29 is 19.1 Å². The van der Waals surface area contributed by atoms with Crippen molar-refractivity contribution in [2.75, 3.05) is 12.4 Å². The highest BCUT2D eigenvalue weighted by Crippen LogP contribution is 2.27. The van der Waals surface area contributed by atoms with E-state index in [9.17, 15) is 9.59 Å². The number of rotatable bonds is 5. The minimum Gasteiger partial charge on any atom is -0.495 e. The number of hydrogen-bond donors (Lipinski definition) is 1. The molecule has 1 atom stereocenters. The largest absolute Gasteiger partial charge is 0.495 e. The number of anilines is 1. The normalized spacial score (nSPS) is 11.7. The Balaban J connectivity index is 1.70. The molecule has 1 N–H and O–H groups in total. The highest BCUT2D eigenvalue weighted by atomic mass is 35.5. The third kappa shape index (κ3) is 4.35. The molecular weight excluding hydrogens is 368 g/mol. The lowest BCUT2D eigenvalue weighted by Crippen LogP contribution is -2.30. The first-order chi connectivity index (χ1) is 13.0. The number of fused-ring (bicyclic) bond motifs is 1. The van der Waals surface area contributed by atoms with Crippen LogP contribution in [0.4, 0.5) is 5.69 Å². The van der Waals surface area contributed by atoms with E-state index < -0.39 is 18.0 Å². The van der Waals surface area contributed by atoms with Crippen LogP contribution in [0.3, 0.4) is 0 Å². The number of methoxy groups -OCH3 is 1. The second kappa shape index (κ2) is 8.05. The number of carbonyl (C=O) groups excluding carboxylic acids is 2. The maximum Gasteiger partial charge on any atom is 0.357 e. The zero-order valence-electron chi connectivity index (χ0n) is 14.7. The summed E-state index contributed by atoms with van der Waals surface area (Å²) in [4.78, 5) is 29.0. The molecule has 6 nitrogen and oxygen atoms in total. The summed E-state index contributed by atoms with van der Waals surface area (Å²) in [6, 6.07) is 15.6. The molecule has 27 heavy (non-hydrogen) atoms. The summed E-state index contributed by atoms with van der Waals surface area (Å²) in [5.74, 6) is -0.742. The second-order valence-electron chi connectivity index (χ2n) is 5.77. The SMILES string of the molecule is COc1ccc(Cl)cc1NC(=O)C(C)OC(=O)c1ccc2ccccc2n1. The summed E-state index contributed by atoms with van der Waals surface area (Å²) in [6.45, 7) is 1.48. The smallest absolute Gasteiger partial charge is 0.357 e. The number of hydrogen-bond acceptors (Lipinski definition) is 5. The van der Waals surface area contributed by atoms with Gasteiger partial charge in [-0.25, -0.2) is 9.78 Å². The molecule has 0 aliphatic heterocycles. The lowest BCUT2D eigenvalue weighted by Gasteiger charge is -2.15. The number of nitrogens with one attached hydrogen (secondary N) is 1. The first-order valence-corrected chi connectivity index (χ1v) is 8.57. The van der Waals surface area contributed by atoms with Crippen molar-refractivity contribution in [1.82, 2.24) is 4.98 Å². The van der Waals surface area contributed by atoms with E-state index in [0.717, 1.165) is 5.39 Å². The Bertz CT molecular complexity index is 1010. The highest BCUT2D eigenvalue weighted by Gasteiger charge is 2.21. The van der Waals surface area contributed by atoms with Gasteiger partial charge in [0.05, 0.1) is 18.3 Å². The van der Waals surface area contributed by atoms with Gasteiger partial charge in [-0.15, -0.1) is 0 Å². The number of aromatic nitrogens is 1. The lowest BCUT2D eigenvalue weighted by molar-refractivity contribution is -0.123. The number of halogens is 1. The van der Waals surface area contributed by atoms with Crippen LogP contribution >= 0.6 is 11.6 Å². The molecule has 0 saturated carbocycles. The minimum absolute atomic E-state index is 0.133. The van der Waals surface area contributed by atoms with Crippen molar-refractivity contribution in [2.24, 2.45) is 0 Å². The molecule has 0 bridgehead atoms. The molecule has 0 aliphatic rings. The van der Waals surface area contributed by atoms with Crippen LogP contribution in [0.25, 0.3) is 10.9 Å². The molecule has 3 aromatic rings. The van der Waals surface area contributed by atoms with E-state index >= 15 is 0 Å².